The van der Waals surface area contributed by atoms with E-state index in [1.807, 2.05) is 18.2 Å². The molecule has 0 amide bonds. The van der Waals surface area contributed by atoms with E-state index in [1.54, 1.807) is 14.2 Å². The molecule has 1 aliphatic rings. The summed E-state index contributed by atoms with van der Waals surface area (Å²) in [5.74, 6) is 3.50. The number of nitrogens with two attached hydrogens (primary N) is 1. The van der Waals surface area contributed by atoms with Gasteiger partial charge >= 0.3 is 0 Å². The molecule has 0 saturated carbocycles. The lowest BCUT2D eigenvalue weighted by atomic mass is 9.88. The number of hydrogen-bond donors (Lipinski definition) is 1. The highest BCUT2D eigenvalue weighted by molar-refractivity contribution is 5.47. The minimum Gasteiger partial charge on any atom is -0.493 e. The second-order valence-electron chi connectivity index (χ2n) is 7.34. The highest BCUT2D eigenvalue weighted by Gasteiger charge is 2.20. The van der Waals surface area contributed by atoms with Gasteiger partial charge in [-0.15, -0.1) is 0 Å². The van der Waals surface area contributed by atoms with E-state index in [0.29, 0.717) is 12.7 Å². The molecule has 30 heavy (non-hydrogen) atoms. The topological polar surface area (TPSA) is 53.5 Å². The highest BCUT2D eigenvalue weighted by atomic mass is 16.7. The van der Waals surface area contributed by atoms with Gasteiger partial charge in [-0.1, -0.05) is 36.4 Å². The maximum atomic E-state index is 5.60. The molecule has 5 heteroatoms. The van der Waals surface area contributed by atoms with E-state index >= 15 is 0 Å². The molecule has 0 fully saturated rings. The van der Waals surface area contributed by atoms with Crippen LogP contribution in [0.1, 0.15) is 29.0 Å². The predicted molar refractivity (Wildman–Crippen MR) is 116 cm³/mol. The summed E-state index contributed by atoms with van der Waals surface area (Å²) >= 11 is 0. The van der Waals surface area contributed by atoms with Crippen molar-refractivity contribution in [3.8, 4) is 23.0 Å². The number of hydrogen-bond acceptors (Lipinski definition) is 4. The number of benzene rings is 3. The fourth-order valence-corrected chi connectivity index (χ4v) is 3.90. The molecule has 5 nitrogen and oxygen atoms in total. The fourth-order valence-electron chi connectivity index (χ4n) is 3.90. The Balaban J connectivity index is 1.43. The van der Waals surface area contributed by atoms with Gasteiger partial charge < -0.3 is 24.3 Å². The normalized spacial score (nSPS) is 13.1. The number of quaternary nitrogens is 1. The van der Waals surface area contributed by atoms with Crippen molar-refractivity contribution in [1.82, 2.24) is 0 Å². The van der Waals surface area contributed by atoms with Crippen molar-refractivity contribution in [3.05, 3.63) is 83.4 Å². The SMILES string of the molecule is COc1ccc(C[NH2+]CC[C@H](c2ccccc2)c2ccc3c(c2)OCO3)cc1OC. The van der Waals surface area contributed by atoms with Crippen molar-refractivity contribution in [1.29, 1.82) is 0 Å². The molecule has 156 valence electrons. The van der Waals surface area contributed by atoms with Crippen LogP contribution in [0.2, 0.25) is 0 Å². The van der Waals surface area contributed by atoms with Crippen LogP contribution in [0.5, 0.6) is 23.0 Å². The second kappa shape index (κ2) is 9.55. The molecule has 0 aliphatic carbocycles. The van der Waals surface area contributed by atoms with Gasteiger partial charge in [-0.3, -0.25) is 0 Å². The van der Waals surface area contributed by atoms with Crippen LogP contribution in [0, 0.1) is 0 Å². The molecule has 2 N–H and O–H groups in total. The maximum Gasteiger partial charge on any atom is 0.231 e. The maximum absolute atomic E-state index is 5.60. The van der Waals surface area contributed by atoms with Crippen molar-refractivity contribution in [2.24, 2.45) is 0 Å². The van der Waals surface area contributed by atoms with Crippen LogP contribution in [-0.4, -0.2) is 27.6 Å². The Labute approximate surface area is 177 Å². The van der Waals surface area contributed by atoms with Crippen LogP contribution >= 0.6 is 0 Å². The van der Waals surface area contributed by atoms with E-state index in [4.69, 9.17) is 18.9 Å². The Morgan fingerprint density at radius 2 is 1.63 bits per heavy atom. The Kier molecular flexibility index (Phi) is 6.40. The zero-order valence-electron chi connectivity index (χ0n) is 17.5. The van der Waals surface area contributed by atoms with Gasteiger partial charge in [-0.2, -0.15) is 0 Å². The summed E-state index contributed by atoms with van der Waals surface area (Å²) in [7, 11) is 3.32. The molecule has 0 radical (unpaired) electrons. The average Bonchev–Trinajstić information content (AvgIpc) is 3.27. The van der Waals surface area contributed by atoms with Gasteiger partial charge in [0.1, 0.15) is 6.54 Å². The molecule has 4 rings (SSSR count). The van der Waals surface area contributed by atoms with Crippen LogP contribution in [0.15, 0.2) is 66.7 Å². The predicted octanol–water partition coefficient (Wildman–Crippen LogP) is 3.72. The third-order valence-electron chi connectivity index (χ3n) is 5.49. The van der Waals surface area contributed by atoms with Crippen LogP contribution in [-0.2, 0) is 6.54 Å². The first-order valence-electron chi connectivity index (χ1n) is 10.3. The summed E-state index contributed by atoms with van der Waals surface area (Å²) in [6, 6.07) is 23.0. The summed E-state index contributed by atoms with van der Waals surface area (Å²) in [4.78, 5) is 0. The van der Waals surface area contributed by atoms with Gasteiger partial charge in [0.2, 0.25) is 6.79 Å². The number of fused-ring (bicyclic) bond motifs is 1. The van der Waals surface area contributed by atoms with Crippen LogP contribution in [0.3, 0.4) is 0 Å². The Morgan fingerprint density at radius 1 is 0.833 bits per heavy atom. The molecular weight excluding hydrogens is 378 g/mol. The lowest BCUT2D eigenvalue weighted by molar-refractivity contribution is -0.671. The van der Waals surface area contributed by atoms with Crippen LogP contribution in [0.25, 0.3) is 0 Å². The molecule has 3 aromatic carbocycles. The van der Waals surface area contributed by atoms with Crippen molar-refractivity contribution in [2.45, 2.75) is 18.9 Å². The molecule has 1 heterocycles. The van der Waals surface area contributed by atoms with E-state index < -0.39 is 0 Å². The van der Waals surface area contributed by atoms with Crippen LogP contribution < -0.4 is 24.3 Å². The molecule has 1 atom stereocenters. The smallest absolute Gasteiger partial charge is 0.231 e. The quantitative estimate of drug-likeness (QED) is 0.551. The standard InChI is InChI=1S/C25H27NO4/c1-27-22-10-8-18(14-24(22)28-2)16-26-13-12-21(19-6-4-3-5-7-19)20-9-11-23-25(15-20)30-17-29-23/h3-11,14-15,21,26H,12-13,16-17H2,1-2H3/p+1/t21-/m1/s1. The number of rotatable bonds is 9. The lowest BCUT2D eigenvalue weighted by Crippen LogP contribution is -2.82. The summed E-state index contributed by atoms with van der Waals surface area (Å²) in [6.45, 7) is 2.19. The van der Waals surface area contributed by atoms with E-state index in [-0.39, 0.29) is 0 Å². The highest BCUT2D eigenvalue weighted by Crippen LogP contribution is 2.37. The minimum absolute atomic E-state index is 0.299. The first kappa shape index (κ1) is 20.1. The molecule has 0 bridgehead atoms. The van der Waals surface area contributed by atoms with Gasteiger partial charge in [-0.05, 0) is 41.5 Å². The zero-order chi connectivity index (χ0) is 20.8. The first-order chi connectivity index (χ1) is 14.8. The Bertz CT molecular complexity index is 974. The third kappa shape index (κ3) is 4.52. The molecule has 0 unspecified atom stereocenters. The van der Waals surface area contributed by atoms with Gasteiger partial charge in [0.15, 0.2) is 23.0 Å². The second-order valence-corrected chi connectivity index (χ2v) is 7.34. The lowest BCUT2D eigenvalue weighted by Gasteiger charge is -2.18. The van der Waals surface area contributed by atoms with Crippen molar-refractivity contribution in [2.75, 3.05) is 27.6 Å². The molecule has 0 saturated heterocycles. The minimum atomic E-state index is 0.299. The van der Waals surface area contributed by atoms with Crippen LogP contribution in [0.4, 0.5) is 0 Å². The van der Waals surface area contributed by atoms with E-state index in [2.05, 4.69) is 53.8 Å². The molecular formula is C25H28NO4+. The first-order valence-corrected chi connectivity index (χ1v) is 10.3. The number of methoxy groups -OCH3 is 2. The largest absolute Gasteiger partial charge is 0.493 e. The number of ether oxygens (including phenoxy) is 4. The van der Waals surface area contributed by atoms with Crippen molar-refractivity contribution in [3.63, 3.8) is 0 Å². The monoisotopic (exact) mass is 406 g/mol. The van der Waals surface area contributed by atoms with Crippen molar-refractivity contribution < 1.29 is 24.3 Å². The summed E-state index contributed by atoms with van der Waals surface area (Å²) in [6.07, 6.45) is 1.02. The van der Waals surface area contributed by atoms with Gasteiger partial charge in [0, 0.05) is 17.9 Å². The summed E-state index contributed by atoms with van der Waals surface area (Å²) in [5.41, 5.74) is 3.79. The van der Waals surface area contributed by atoms with E-state index in [1.165, 1.54) is 16.7 Å². The molecule has 1 aliphatic heterocycles. The molecule has 0 spiro atoms. The summed E-state index contributed by atoms with van der Waals surface area (Å²) < 4.78 is 21.8. The Hall–Kier alpha value is -3.18. The fraction of sp³-hybridized carbons (Fsp3) is 0.280. The van der Waals surface area contributed by atoms with Gasteiger partial charge in [-0.25, -0.2) is 0 Å². The van der Waals surface area contributed by atoms with E-state index in [0.717, 1.165) is 42.5 Å². The zero-order valence-corrected chi connectivity index (χ0v) is 17.5. The van der Waals surface area contributed by atoms with Gasteiger partial charge in [0.25, 0.3) is 0 Å². The average molecular weight is 407 g/mol. The summed E-state index contributed by atoms with van der Waals surface area (Å²) in [5, 5.41) is 2.34. The third-order valence-corrected chi connectivity index (χ3v) is 5.49. The molecule has 0 aromatic heterocycles. The van der Waals surface area contributed by atoms with Gasteiger partial charge in [0.05, 0.1) is 20.8 Å². The molecule has 3 aromatic rings. The van der Waals surface area contributed by atoms with E-state index in [9.17, 15) is 0 Å². The Morgan fingerprint density at radius 3 is 2.43 bits per heavy atom. The van der Waals surface area contributed by atoms with Crippen molar-refractivity contribution >= 4 is 0 Å².